The number of aliphatic hydroxyl groups excluding tert-OH is 1. The van der Waals surface area contributed by atoms with Gasteiger partial charge in [0.15, 0.2) is 5.82 Å². The van der Waals surface area contributed by atoms with Gasteiger partial charge in [0, 0.05) is 41.3 Å². The van der Waals surface area contributed by atoms with Crippen LogP contribution in [0.15, 0.2) is 30.3 Å². The molecule has 5 nitrogen and oxygen atoms in total. The number of nitrogens with zero attached hydrogens (tertiary/aromatic N) is 1. The van der Waals surface area contributed by atoms with Crippen molar-refractivity contribution in [2.24, 2.45) is 0 Å². The second-order valence-electron chi connectivity index (χ2n) is 9.39. The van der Waals surface area contributed by atoms with Gasteiger partial charge >= 0.3 is 0 Å². The zero-order valence-corrected chi connectivity index (χ0v) is 20.4. The van der Waals surface area contributed by atoms with Crippen LogP contribution in [0.2, 0.25) is 0 Å². The summed E-state index contributed by atoms with van der Waals surface area (Å²) in [6, 6.07) is 4.47. The number of hydrogen-bond donors (Lipinski definition) is 4. The number of anilines is 1. The second kappa shape index (κ2) is 11.3. The van der Waals surface area contributed by atoms with Gasteiger partial charge in [0.25, 0.3) is 5.92 Å². The Morgan fingerprint density at radius 1 is 1.11 bits per heavy atom. The van der Waals surface area contributed by atoms with Crippen LogP contribution in [0.4, 0.5) is 32.0 Å². The number of hydrogen-bond acceptors (Lipinski definition) is 4. The van der Waals surface area contributed by atoms with Crippen molar-refractivity contribution in [3.63, 3.8) is 0 Å². The van der Waals surface area contributed by atoms with Gasteiger partial charge in [-0.1, -0.05) is 0 Å². The van der Waals surface area contributed by atoms with Crippen molar-refractivity contribution in [2.75, 3.05) is 44.8 Å². The number of H-pyrrole nitrogens is 1. The van der Waals surface area contributed by atoms with Gasteiger partial charge in [0.1, 0.15) is 18.2 Å². The molecule has 4 rings (SSSR count). The topological polar surface area (TPSA) is 63.3 Å². The van der Waals surface area contributed by atoms with E-state index >= 15 is 8.78 Å². The van der Waals surface area contributed by atoms with Crippen LogP contribution in [0.25, 0.3) is 10.9 Å². The highest BCUT2D eigenvalue weighted by Gasteiger charge is 2.43. The molecule has 1 unspecified atom stereocenters. The lowest BCUT2D eigenvalue weighted by molar-refractivity contribution is -0.0869. The Labute approximate surface area is 210 Å². The maximum atomic E-state index is 15.9. The lowest BCUT2D eigenvalue weighted by atomic mass is 9.87. The average molecular weight is 529 g/mol. The molecule has 1 aromatic heterocycles. The number of aromatic amines is 1. The highest BCUT2D eigenvalue weighted by Crippen LogP contribution is 2.44. The first-order chi connectivity index (χ1) is 17.7. The largest absolute Gasteiger partial charge is 0.390 e. The molecule has 0 bridgehead atoms. The molecule has 2 atom stereocenters. The number of aromatic nitrogens is 1. The Balaban J connectivity index is 1.77. The molecule has 0 radical (unpaired) electrons. The molecule has 0 saturated carbocycles. The summed E-state index contributed by atoms with van der Waals surface area (Å²) in [5, 5.41) is 15.6. The summed E-state index contributed by atoms with van der Waals surface area (Å²) in [5.41, 5.74) is 0.984. The van der Waals surface area contributed by atoms with Crippen molar-refractivity contribution >= 4 is 16.6 Å². The molecule has 1 aliphatic heterocycles. The van der Waals surface area contributed by atoms with Crippen molar-refractivity contribution in [3.05, 3.63) is 64.6 Å². The van der Waals surface area contributed by atoms with Gasteiger partial charge < -0.3 is 20.7 Å². The molecule has 37 heavy (non-hydrogen) atoms. The summed E-state index contributed by atoms with van der Waals surface area (Å²) in [7, 11) is 0. The Morgan fingerprint density at radius 2 is 1.89 bits per heavy atom. The Morgan fingerprint density at radius 3 is 2.62 bits per heavy atom. The summed E-state index contributed by atoms with van der Waals surface area (Å²) in [4.78, 5) is 4.35. The second-order valence-corrected chi connectivity index (χ2v) is 9.39. The molecule has 0 aliphatic carbocycles. The molecule has 0 spiro atoms. The van der Waals surface area contributed by atoms with E-state index in [1.807, 2.05) is 0 Å². The van der Waals surface area contributed by atoms with Gasteiger partial charge in [-0.25, -0.2) is 22.0 Å². The number of nitrogens with one attached hydrogen (secondary N) is 3. The fourth-order valence-electron chi connectivity index (χ4n) is 4.96. The number of aliphatic hydroxyl groups is 1. The first kappa shape index (κ1) is 27.3. The lowest BCUT2D eigenvalue weighted by Crippen LogP contribution is -2.49. The predicted octanol–water partition coefficient (Wildman–Crippen LogP) is 4.91. The quantitative estimate of drug-likeness (QED) is 0.211. The molecular formula is C26H30F6N4O. The summed E-state index contributed by atoms with van der Waals surface area (Å²) >= 11 is 0. The molecule has 202 valence electrons. The van der Waals surface area contributed by atoms with E-state index in [0.29, 0.717) is 41.7 Å². The van der Waals surface area contributed by atoms with Crippen molar-refractivity contribution < 1.29 is 31.4 Å². The SMILES string of the molecule is C[C@@H]1Cc2c([nH]c3ccc(F)cc23)C(c2c(F)ccc(NCCNCCCF)c2F)N1CC(F)(F)CO. The zero-order valence-electron chi connectivity index (χ0n) is 20.4. The van der Waals surface area contributed by atoms with Gasteiger partial charge in [-0.3, -0.25) is 9.29 Å². The normalized spacial score (nSPS) is 18.4. The first-order valence-electron chi connectivity index (χ1n) is 12.2. The molecule has 0 amide bonds. The number of halogens is 6. The highest BCUT2D eigenvalue weighted by molar-refractivity contribution is 5.85. The van der Waals surface area contributed by atoms with E-state index in [2.05, 4.69) is 15.6 Å². The van der Waals surface area contributed by atoms with E-state index in [1.54, 1.807) is 6.92 Å². The van der Waals surface area contributed by atoms with Crippen LogP contribution in [0.5, 0.6) is 0 Å². The Bertz CT molecular complexity index is 1230. The minimum atomic E-state index is -3.52. The van der Waals surface area contributed by atoms with Crippen LogP contribution in [-0.4, -0.2) is 66.4 Å². The minimum absolute atomic E-state index is 0.0144. The smallest absolute Gasteiger partial charge is 0.283 e. The van der Waals surface area contributed by atoms with Crippen LogP contribution in [0, 0.1) is 17.5 Å². The van der Waals surface area contributed by atoms with Gasteiger partial charge in [-0.2, -0.15) is 0 Å². The van der Waals surface area contributed by atoms with E-state index in [1.165, 1.54) is 29.2 Å². The van der Waals surface area contributed by atoms with E-state index in [4.69, 9.17) is 0 Å². The molecule has 3 aromatic rings. The Hall–Kier alpha value is -2.76. The third-order valence-corrected chi connectivity index (χ3v) is 6.72. The maximum absolute atomic E-state index is 15.9. The highest BCUT2D eigenvalue weighted by atomic mass is 19.3. The summed E-state index contributed by atoms with van der Waals surface area (Å²) in [6.45, 7) is -0.0407. The van der Waals surface area contributed by atoms with Crippen molar-refractivity contribution in [1.29, 1.82) is 0 Å². The van der Waals surface area contributed by atoms with E-state index in [0.717, 1.165) is 6.07 Å². The van der Waals surface area contributed by atoms with Crippen LogP contribution in [0.3, 0.4) is 0 Å². The summed E-state index contributed by atoms with van der Waals surface area (Å²) < 4.78 is 86.3. The molecule has 4 N–H and O–H groups in total. The fraction of sp³-hybridized carbons (Fsp3) is 0.462. The molecule has 1 aliphatic rings. The lowest BCUT2D eigenvalue weighted by Gasteiger charge is -2.42. The summed E-state index contributed by atoms with van der Waals surface area (Å²) in [5.74, 6) is -5.86. The Kier molecular flexibility index (Phi) is 8.35. The van der Waals surface area contributed by atoms with Gasteiger partial charge in [0.05, 0.1) is 24.9 Å². The molecule has 2 heterocycles. The van der Waals surface area contributed by atoms with Crippen LogP contribution in [0.1, 0.15) is 36.2 Å². The maximum Gasteiger partial charge on any atom is 0.283 e. The van der Waals surface area contributed by atoms with Crippen LogP contribution < -0.4 is 10.6 Å². The van der Waals surface area contributed by atoms with Crippen molar-refractivity contribution in [2.45, 2.75) is 37.8 Å². The number of rotatable bonds is 11. The van der Waals surface area contributed by atoms with Gasteiger partial charge in [-0.15, -0.1) is 0 Å². The third kappa shape index (κ3) is 5.73. The van der Waals surface area contributed by atoms with E-state index in [-0.39, 0.29) is 18.7 Å². The molecule has 11 heteroatoms. The van der Waals surface area contributed by atoms with E-state index in [9.17, 15) is 22.7 Å². The zero-order chi connectivity index (χ0) is 26.7. The summed E-state index contributed by atoms with van der Waals surface area (Å²) in [6.07, 6.45) is 0.586. The average Bonchev–Trinajstić information content (AvgIpc) is 3.21. The fourth-order valence-corrected chi connectivity index (χ4v) is 4.96. The first-order valence-corrected chi connectivity index (χ1v) is 12.2. The van der Waals surface area contributed by atoms with Crippen LogP contribution >= 0.6 is 0 Å². The van der Waals surface area contributed by atoms with Crippen LogP contribution in [-0.2, 0) is 6.42 Å². The number of benzene rings is 2. The van der Waals surface area contributed by atoms with E-state index < -0.39 is 60.8 Å². The van der Waals surface area contributed by atoms with Crippen molar-refractivity contribution in [3.8, 4) is 0 Å². The van der Waals surface area contributed by atoms with Gasteiger partial charge in [-0.05, 0) is 62.2 Å². The van der Waals surface area contributed by atoms with Crippen molar-refractivity contribution in [1.82, 2.24) is 15.2 Å². The predicted molar refractivity (Wildman–Crippen MR) is 130 cm³/mol. The monoisotopic (exact) mass is 528 g/mol. The minimum Gasteiger partial charge on any atom is -0.390 e. The van der Waals surface area contributed by atoms with Gasteiger partial charge in [0.2, 0.25) is 0 Å². The molecule has 2 aromatic carbocycles. The molecular weight excluding hydrogens is 498 g/mol. The number of fused-ring (bicyclic) bond motifs is 3. The third-order valence-electron chi connectivity index (χ3n) is 6.72. The molecule has 0 saturated heterocycles. The molecule has 0 fully saturated rings. The standard InChI is InChI=1S/C26H30F6N4O/c1-15-11-18-17-12-16(28)3-5-20(17)35-24(18)25(36(15)13-26(31,32)14-37)22-19(29)4-6-21(23(22)30)34-10-9-33-8-2-7-27/h3-6,12,15,25,33-35,37H,2,7-11,13-14H2,1H3/t15-,25?/m1/s1. The number of alkyl halides is 3.